The van der Waals surface area contributed by atoms with Crippen molar-refractivity contribution in [2.45, 2.75) is 0 Å². The molecule has 0 aliphatic heterocycles. The molecule has 0 fully saturated rings. The summed E-state index contributed by atoms with van der Waals surface area (Å²) < 4.78 is 5.73. The minimum Gasteiger partial charge on any atom is -0.227 e. The van der Waals surface area contributed by atoms with Crippen molar-refractivity contribution in [3.63, 3.8) is 0 Å². The number of aryl methyl sites for hydroxylation is 1. The lowest BCUT2D eigenvalue weighted by molar-refractivity contribution is -0.668. The number of hydrogen-bond donors (Lipinski definition) is 0. The zero-order valence-corrected chi connectivity index (χ0v) is 4.27. The van der Waals surface area contributed by atoms with Crippen LogP contribution in [0.1, 0.15) is 0 Å². The van der Waals surface area contributed by atoms with Crippen molar-refractivity contribution in [1.29, 1.82) is 0 Å². The Bertz CT molecular complexity index is 112. The van der Waals surface area contributed by atoms with Crippen LogP contribution in [-0.4, -0.2) is 4.37 Å². The third-order valence-electron chi connectivity index (χ3n) is 0.504. The van der Waals surface area contributed by atoms with Gasteiger partial charge in [-0.1, -0.05) is 0 Å². The Morgan fingerprint density at radius 2 is 2.67 bits per heavy atom. The van der Waals surface area contributed by atoms with E-state index in [4.69, 9.17) is 0 Å². The van der Waals surface area contributed by atoms with E-state index in [-0.39, 0.29) is 0 Å². The number of rotatable bonds is 0. The molecule has 0 atom stereocenters. The predicted octanol–water partition coefficient (Wildman–Crippen LogP) is -0.0324. The Morgan fingerprint density at radius 3 is 2.83 bits per heavy atom. The standard InChI is InChI=1S/C3H5N2S/c1-5-2-4-6-3-5/h2-3H,1H3/q+1. The summed E-state index contributed by atoms with van der Waals surface area (Å²) in [7, 11) is 1.95. The van der Waals surface area contributed by atoms with Crippen molar-refractivity contribution in [3.05, 3.63) is 11.8 Å². The Kier molecular flexibility index (Phi) is 0.837. The minimum atomic E-state index is 1.45. The maximum Gasteiger partial charge on any atom is 0.301 e. The molecule has 0 radical (unpaired) electrons. The fraction of sp³-hybridized carbons (Fsp3) is 0.333. The number of hydrogen-bond acceptors (Lipinski definition) is 2. The topological polar surface area (TPSA) is 16.8 Å². The molecule has 0 N–H and O–H groups in total. The van der Waals surface area contributed by atoms with Gasteiger partial charge in [0.1, 0.15) is 11.5 Å². The van der Waals surface area contributed by atoms with Gasteiger partial charge in [0.15, 0.2) is 5.51 Å². The van der Waals surface area contributed by atoms with E-state index in [1.807, 2.05) is 17.1 Å². The molecule has 0 aliphatic rings. The van der Waals surface area contributed by atoms with E-state index in [1.165, 1.54) is 11.5 Å². The third kappa shape index (κ3) is 0.542. The van der Waals surface area contributed by atoms with Crippen LogP contribution in [0.3, 0.4) is 0 Å². The van der Waals surface area contributed by atoms with Gasteiger partial charge in [0.25, 0.3) is 0 Å². The summed E-state index contributed by atoms with van der Waals surface area (Å²) in [6.07, 6.45) is 1.77. The van der Waals surface area contributed by atoms with Crippen molar-refractivity contribution in [2.24, 2.45) is 7.05 Å². The first-order chi connectivity index (χ1) is 2.89. The van der Waals surface area contributed by atoms with Gasteiger partial charge in [0, 0.05) is 4.37 Å². The van der Waals surface area contributed by atoms with E-state index in [9.17, 15) is 0 Å². The average molecular weight is 101 g/mol. The molecule has 1 rings (SSSR count). The van der Waals surface area contributed by atoms with Crippen LogP contribution >= 0.6 is 11.5 Å². The molecule has 1 heterocycles. The monoisotopic (exact) mass is 101 g/mol. The van der Waals surface area contributed by atoms with Crippen molar-refractivity contribution < 1.29 is 4.57 Å². The smallest absolute Gasteiger partial charge is 0.227 e. The van der Waals surface area contributed by atoms with Crippen LogP contribution in [0.4, 0.5) is 0 Å². The molecule has 0 saturated carbocycles. The van der Waals surface area contributed by atoms with E-state index in [2.05, 4.69) is 4.37 Å². The lowest BCUT2D eigenvalue weighted by Gasteiger charge is -1.63. The summed E-state index contributed by atoms with van der Waals surface area (Å²) in [5.41, 5.74) is 1.93. The van der Waals surface area contributed by atoms with Crippen molar-refractivity contribution in [3.8, 4) is 0 Å². The maximum absolute atomic E-state index is 3.83. The first kappa shape index (κ1) is 3.74. The van der Waals surface area contributed by atoms with Crippen molar-refractivity contribution in [2.75, 3.05) is 0 Å². The molecule has 0 unspecified atom stereocenters. The van der Waals surface area contributed by atoms with Gasteiger partial charge in [-0.15, -0.1) is 0 Å². The minimum absolute atomic E-state index is 1.45. The summed E-state index contributed by atoms with van der Waals surface area (Å²) in [6.45, 7) is 0. The highest BCUT2D eigenvalue weighted by atomic mass is 32.1. The van der Waals surface area contributed by atoms with E-state index >= 15 is 0 Å². The van der Waals surface area contributed by atoms with E-state index < -0.39 is 0 Å². The normalized spacial score (nSPS) is 8.83. The molecule has 32 valence electrons. The first-order valence-electron chi connectivity index (χ1n) is 1.64. The van der Waals surface area contributed by atoms with E-state index in [1.54, 1.807) is 6.33 Å². The summed E-state index contributed by atoms with van der Waals surface area (Å²) in [4.78, 5) is 0. The van der Waals surface area contributed by atoms with Crippen molar-refractivity contribution >= 4 is 11.5 Å². The molecule has 0 amide bonds. The highest BCUT2D eigenvalue weighted by Gasteiger charge is 1.84. The number of aromatic nitrogens is 2. The zero-order chi connectivity index (χ0) is 4.41. The van der Waals surface area contributed by atoms with Crippen LogP contribution < -0.4 is 4.57 Å². The predicted molar refractivity (Wildman–Crippen MR) is 23.3 cm³/mol. The van der Waals surface area contributed by atoms with Gasteiger partial charge in [-0.05, 0) is 0 Å². The van der Waals surface area contributed by atoms with Gasteiger partial charge in [-0.2, -0.15) is 0 Å². The largest absolute Gasteiger partial charge is 0.301 e. The average Bonchev–Trinajstić information content (AvgIpc) is 1.86. The molecule has 2 nitrogen and oxygen atoms in total. The van der Waals surface area contributed by atoms with E-state index in [0.717, 1.165) is 0 Å². The Morgan fingerprint density at radius 1 is 1.83 bits per heavy atom. The fourth-order valence-electron chi connectivity index (χ4n) is 0.230. The number of nitrogens with zero attached hydrogens (tertiary/aromatic N) is 2. The van der Waals surface area contributed by atoms with Gasteiger partial charge in [-0.3, -0.25) is 0 Å². The molecule has 1 aromatic heterocycles. The molecule has 0 aliphatic carbocycles. The lowest BCUT2D eigenvalue weighted by atomic mass is 11.1. The molecule has 0 bridgehead atoms. The highest BCUT2D eigenvalue weighted by Crippen LogP contribution is 1.74. The maximum atomic E-state index is 3.83. The summed E-state index contributed by atoms with van der Waals surface area (Å²) >= 11 is 1.45. The molecular weight excluding hydrogens is 96.1 g/mol. The zero-order valence-electron chi connectivity index (χ0n) is 3.46. The molecule has 0 spiro atoms. The fourth-order valence-corrected chi connectivity index (χ4v) is 0.691. The van der Waals surface area contributed by atoms with Gasteiger partial charge in [-0.25, -0.2) is 4.57 Å². The Labute approximate surface area is 40.2 Å². The second-order valence-electron chi connectivity index (χ2n) is 1.10. The van der Waals surface area contributed by atoms with E-state index in [0.29, 0.717) is 0 Å². The van der Waals surface area contributed by atoms with Crippen LogP contribution in [0.25, 0.3) is 0 Å². The highest BCUT2D eigenvalue weighted by molar-refractivity contribution is 7.02. The van der Waals surface area contributed by atoms with Crippen molar-refractivity contribution in [1.82, 2.24) is 4.37 Å². The third-order valence-corrected chi connectivity index (χ3v) is 1.15. The van der Waals surface area contributed by atoms with Gasteiger partial charge in [0.05, 0.1) is 7.05 Å². The summed E-state index contributed by atoms with van der Waals surface area (Å²) in [5.74, 6) is 0. The molecule has 0 saturated heterocycles. The van der Waals surface area contributed by atoms with Crippen LogP contribution in [0.2, 0.25) is 0 Å². The second kappa shape index (κ2) is 1.34. The summed E-state index contributed by atoms with van der Waals surface area (Å²) in [6, 6.07) is 0. The van der Waals surface area contributed by atoms with Crippen LogP contribution in [-0.2, 0) is 7.05 Å². The van der Waals surface area contributed by atoms with Crippen LogP contribution in [0.5, 0.6) is 0 Å². The molecular formula is C3H5N2S+. The van der Waals surface area contributed by atoms with Gasteiger partial charge < -0.3 is 0 Å². The first-order valence-corrected chi connectivity index (χ1v) is 2.48. The quantitative estimate of drug-likeness (QED) is 0.419. The second-order valence-corrected chi connectivity index (χ2v) is 1.73. The van der Waals surface area contributed by atoms with Crippen LogP contribution in [0.15, 0.2) is 11.8 Å². The SMILES string of the molecule is C[n+]1cnsc1. The Hall–Kier alpha value is -0.440. The molecule has 1 aromatic rings. The van der Waals surface area contributed by atoms with Gasteiger partial charge in [0.2, 0.25) is 0 Å². The summed E-state index contributed by atoms with van der Waals surface area (Å²) in [5, 5.41) is 0. The lowest BCUT2D eigenvalue weighted by Crippen LogP contribution is -2.22. The molecule has 0 aromatic carbocycles. The Balaban J connectivity index is 3.05. The van der Waals surface area contributed by atoms with Crippen LogP contribution in [0, 0.1) is 0 Å². The molecule has 3 heteroatoms. The van der Waals surface area contributed by atoms with Gasteiger partial charge >= 0.3 is 6.33 Å². The molecule has 6 heavy (non-hydrogen) atoms.